The van der Waals surface area contributed by atoms with Gasteiger partial charge < -0.3 is 4.74 Å². The largest absolute Gasteiger partial charge is 0.461 e. The highest BCUT2D eigenvalue weighted by molar-refractivity contribution is 7.99. The third-order valence-corrected chi connectivity index (χ3v) is 6.81. The Morgan fingerprint density at radius 2 is 1.60 bits per heavy atom. The van der Waals surface area contributed by atoms with E-state index in [1.807, 2.05) is 11.8 Å². The van der Waals surface area contributed by atoms with Crippen LogP contribution in [0.3, 0.4) is 0 Å². The van der Waals surface area contributed by atoms with E-state index >= 15 is 0 Å². The molecule has 0 N–H and O–H groups in total. The van der Waals surface area contributed by atoms with Crippen LogP contribution in [0.2, 0.25) is 0 Å². The molecule has 0 amide bonds. The van der Waals surface area contributed by atoms with Gasteiger partial charge in [0, 0.05) is 24.6 Å². The average molecular weight is 295 g/mol. The normalized spacial score (nSPS) is 43.7. The number of hydrogen-bond donors (Lipinski definition) is 0. The minimum Gasteiger partial charge on any atom is -0.461 e. The van der Waals surface area contributed by atoms with E-state index in [1.165, 1.54) is 32.1 Å². The Morgan fingerprint density at radius 3 is 2.20 bits per heavy atom. The van der Waals surface area contributed by atoms with E-state index in [1.54, 1.807) is 0 Å². The molecule has 1 heterocycles. The highest BCUT2D eigenvalue weighted by Gasteiger charge is 2.49. The van der Waals surface area contributed by atoms with Crippen molar-refractivity contribution in [2.75, 3.05) is 31.1 Å². The van der Waals surface area contributed by atoms with Crippen LogP contribution in [0.1, 0.15) is 32.1 Å². The smallest absolute Gasteiger partial charge is 0.320 e. The standard InChI is InChI=1S/C16H25NO2S/c18-15(10-17-1-3-20-4-2-17)19-16-13-6-11-5-12(8-13)9-14(16)7-11/h11-14,16H,1-10H2. The van der Waals surface area contributed by atoms with E-state index in [0.717, 1.165) is 36.4 Å². The molecule has 0 aromatic rings. The van der Waals surface area contributed by atoms with Gasteiger partial charge in [-0.2, -0.15) is 11.8 Å². The number of carbonyl (C=O) groups is 1. The van der Waals surface area contributed by atoms with Gasteiger partial charge in [0.15, 0.2) is 0 Å². The molecule has 0 aromatic heterocycles. The number of carbonyl (C=O) groups excluding carboxylic acids is 1. The summed E-state index contributed by atoms with van der Waals surface area (Å²) < 4.78 is 5.94. The summed E-state index contributed by atoms with van der Waals surface area (Å²) in [6, 6.07) is 0. The first-order chi connectivity index (χ1) is 9.78. The predicted molar refractivity (Wildman–Crippen MR) is 80.7 cm³/mol. The molecule has 5 aliphatic rings. The molecule has 5 rings (SSSR count). The van der Waals surface area contributed by atoms with Gasteiger partial charge in [-0.3, -0.25) is 9.69 Å². The SMILES string of the molecule is O=C(CN1CCSCC1)OC1C2CC3CC(C2)CC1C3. The van der Waals surface area contributed by atoms with Crippen LogP contribution in [-0.4, -0.2) is 48.1 Å². The first-order valence-electron chi connectivity index (χ1n) is 8.27. The minimum absolute atomic E-state index is 0.0365. The maximum Gasteiger partial charge on any atom is 0.320 e. The van der Waals surface area contributed by atoms with E-state index in [-0.39, 0.29) is 12.1 Å². The minimum atomic E-state index is 0.0365. The highest BCUT2D eigenvalue weighted by Crippen LogP contribution is 2.54. The Balaban J connectivity index is 1.33. The van der Waals surface area contributed by atoms with Gasteiger partial charge in [0.05, 0.1) is 6.54 Å². The quantitative estimate of drug-likeness (QED) is 0.748. The second-order valence-electron chi connectivity index (χ2n) is 7.27. The van der Waals surface area contributed by atoms with Gasteiger partial charge in [0.2, 0.25) is 0 Å². The Hall–Kier alpha value is -0.220. The number of ether oxygens (including phenoxy) is 1. The molecule has 4 heteroatoms. The third-order valence-electron chi connectivity index (χ3n) is 5.86. The van der Waals surface area contributed by atoms with Gasteiger partial charge in [0.25, 0.3) is 0 Å². The molecule has 4 aliphatic carbocycles. The van der Waals surface area contributed by atoms with Crippen molar-refractivity contribution in [1.29, 1.82) is 0 Å². The molecule has 0 aromatic carbocycles. The van der Waals surface area contributed by atoms with Crippen LogP contribution in [0, 0.1) is 23.7 Å². The van der Waals surface area contributed by atoms with E-state index < -0.39 is 0 Å². The molecule has 5 fully saturated rings. The molecule has 0 spiro atoms. The van der Waals surface area contributed by atoms with Crippen LogP contribution in [0.25, 0.3) is 0 Å². The summed E-state index contributed by atoms with van der Waals surface area (Å²) >= 11 is 1.99. The average Bonchev–Trinajstić information content (AvgIpc) is 2.43. The zero-order valence-corrected chi connectivity index (χ0v) is 12.9. The van der Waals surface area contributed by atoms with Crippen molar-refractivity contribution in [2.24, 2.45) is 23.7 Å². The van der Waals surface area contributed by atoms with Crippen LogP contribution >= 0.6 is 11.8 Å². The summed E-state index contributed by atoms with van der Waals surface area (Å²) in [5.41, 5.74) is 0. The van der Waals surface area contributed by atoms with Crippen LogP contribution in [-0.2, 0) is 9.53 Å². The lowest BCUT2D eigenvalue weighted by atomic mass is 9.55. The van der Waals surface area contributed by atoms with Crippen molar-refractivity contribution >= 4 is 17.7 Å². The lowest BCUT2D eigenvalue weighted by Crippen LogP contribution is -2.51. The topological polar surface area (TPSA) is 29.5 Å². The van der Waals surface area contributed by atoms with Crippen molar-refractivity contribution in [3.63, 3.8) is 0 Å². The molecular weight excluding hydrogens is 270 g/mol. The second kappa shape index (κ2) is 5.53. The van der Waals surface area contributed by atoms with Crippen LogP contribution in [0.15, 0.2) is 0 Å². The van der Waals surface area contributed by atoms with Crippen molar-refractivity contribution in [3.8, 4) is 0 Å². The van der Waals surface area contributed by atoms with E-state index in [9.17, 15) is 4.79 Å². The van der Waals surface area contributed by atoms with E-state index in [2.05, 4.69) is 4.90 Å². The third kappa shape index (κ3) is 2.61. The molecule has 1 aliphatic heterocycles. The Bertz CT molecular complexity index is 353. The zero-order valence-electron chi connectivity index (χ0n) is 12.1. The molecule has 20 heavy (non-hydrogen) atoms. The fourth-order valence-corrected chi connectivity index (χ4v) is 6.18. The molecule has 4 saturated carbocycles. The van der Waals surface area contributed by atoms with E-state index in [4.69, 9.17) is 4.74 Å². The number of rotatable bonds is 3. The van der Waals surface area contributed by atoms with Gasteiger partial charge in [0.1, 0.15) is 6.10 Å². The lowest BCUT2D eigenvalue weighted by Gasteiger charge is -2.53. The molecule has 0 atom stereocenters. The predicted octanol–water partition coefficient (Wildman–Crippen LogP) is 2.40. The summed E-state index contributed by atoms with van der Waals surface area (Å²) in [6.07, 6.45) is 7.02. The van der Waals surface area contributed by atoms with Gasteiger partial charge in [-0.25, -0.2) is 0 Å². The van der Waals surface area contributed by atoms with Gasteiger partial charge in [-0.1, -0.05) is 0 Å². The molecule has 3 nitrogen and oxygen atoms in total. The Labute approximate surface area is 125 Å². The fraction of sp³-hybridized carbons (Fsp3) is 0.938. The van der Waals surface area contributed by atoms with Crippen molar-refractivity contribution < 1.29 is 9.53 Å². The van der Waals surface area contributed by atoms with Crippen LogP contribution < -0.4 is 0 Å². The number of esters is 1. The maximum absolute atomic E-state index is 12.2. The first kappa shape index (κ1) is 13.4. The van der Waals surface area contributed by atoms with E-state index in [0.29, 0.717) is 18.4 Å². The first-order valence-corrected chi connectivity index (χ1v) is 9.43. The fourth-order valence-electron chi connectivity index (χ4n) is 5.20. The monoisotopic (exact) mass is 295 g/mol. The second-order valence-corrected chi connectivity index (χ2v) is 8.50. The zero-order chi connectivity index (χ0) is 13.5. The van der Waals surface area contributed by atoms with Crippen molar-refractivity contribution in [2.45, 2.75) is 38.2 Å². The number of nitrogens with zero attached hydrogens (tertiary/aromatic N) is 1. The highest BCUT2D eigenvalue weighted by atomic mass is 32.2. The van der Waals surface area contributed by atoms with Gasteiger partial charge in [-0.05, 0) is 55.8 Å². The number of hydrogen-bond acceptors (Lipinski definition) is 4. The van der Waals surface area contributed by atoms with Crippen molar-refractivity contribution in [3.05, 3.63) is 0 Å². The van der Waals surface area contributed by atoms with Gasteiger partial charge in [-0.15, -0.1) is 0 Å². The molecule has 0 radical (unpaired) electrons. The van der Waals surface area contributed by atoms with Gasteiger partial charge >= 0.3 is 5.97 Å². The maximum atomic E-state index is 12.2. The van der Waals surface area contributed by atoms with Crippen LogP contribution in [0.5, 0.6) is 0 Å². The molecule has 1 saturated heterocycles. The Kier molecular flexibility index (Phi) is 3.71. The summed E-state index contributed by atoms with van der Waals surface area (Å²) in [6.45, 7) is 2.60. The molecule has 4 bridgehead atoms. The number of thioether (sulfide) groups is 1. The lowest BCUT2D eigenvalue weighted by molar-refractivity contribution is -0.171. The van der Waals surface area contributed by atoms with Crippen molar-refractivity contribution in [1.82, 2.24) is 4.90 Å². The summed E-state index contributed by atoms with van der Waals surface area (Å²) in [4.78, 5) is 14.5. The Morgan fingerprint density at radius 1 is 1.00 bits per heavy atom. The molecule has 0 unspecified atom stereocenters. The molecule has 112 valence electrons. The summed E-state index contributed by atoms with van der Waals surface area (Å²) in [5.74, 6) is 5.63. The molecular formula is C16H25NO2S. The summed E-state index contributed by atoms with van der Waals surface area (Å²) in [7, 11) is 0. The summed E-state index contributed by atoms with van der Waals surface area (Å²) in [5, 5.41) is 0. The van der Waals surface area contributed by atoms with Crippen LogP contribution in [0.4, 0.5) is 0 Å².